The van der Waals surface area contributed by atoms with E-state index in [4.69, 9.17) is 4.52 Å². The van der Waals surface area contributed by atoms with Gasteiger partial charge in [0.2, 0.25) is 5.89 Å². The largest absolute Gasteiger partial charge is 0.387 e. The lowest BCUT2D eigenvalue weighted by Crippen LogP contribution is -2.00. The number of rotatable bonds is 4. The maximum absolute atomic E-state index is 9.28. The van der Waals surface area contributed by atoms with Gasteiger partial charge in [0, 0.05) is 6.42 Å². The number of aliphatic hydroxyl groups is 1. The molecule has 2 aromatic heterocycles. The third-order valence-electron chi connectivity index (χ3n) is 2.11. The van der Waals surface area contributed by atoms with E-state index in [1.165, 1.54) is 0 Å². The lowest BCUT2D eigenvalue weighted by molar-refractivity contribution is 0.194. The lowest BCUT2D eigenvalue weighted by Gasteiger charge is -1.95. The van der Waals surface area contributed by atoms with Crippen molar-refractivity contribution in [3.05, 3.63) is 23.6 Å². The average molecular weight is 223 g/mol. The molecule has 0 aliphatic heterocycles. The van der Waals surface area contributed by atoms with Gasteiger partial charge in [-0.25, -0.2) is 4.68 Å². The summed E-state index contributed by atoms with van der Waals surface area (Å²) in [5, 5.41) is 20.7. The van der Waals surface area contributed by atoms with E-state index in [0.717, 1.165) is 6.42 Å². The van der Waals surface area contributed by atoms with Gasteiger partial charge < -0.3 is 9.63 Å². The summed E-state index contributed by atoms with van der Waals surface area (Å²) in [6, 6.07) is 0. The van der Waals surface area contributed by atoms with E-state index in [0.29, 0.717) is 24.0 Å². The van der Waals surface area contributed by atoms with Crippen LogP contribution in [-0.2, 0) is 13.0 Å². The molecular weight excluding hydrogens is 210 g/mol. The first-order valence-corrected chi connectivity index (χ1v) is 5.08. The second-order valence-electron chi connectivity index (χ2n) is 3.47. The number of nitrogens with zero attached hydrogens (tertiary/aromatic N) is 5. The van der Waals surface area contributed by atoms with E-state index in [9.17, 15) is 5.11 Å². The molecule has 7 nitrogen and oxygen atoms in total. The first-order valence-electron chi connectivity index (χ1n) is 5.08. The van der Waals surface area contributed by atoms with Crippen molar-refractivity contribution in [1.29, 1.82) is 0 Å². The molecule has 2 rings (SSSR count). The number of hydrogen-bond donors (Lipinski definition) is 1. The quantitative estimate of drug-likeness (QED) is 0.803. The van der Waals surface area contributed by atoms with Crippen molar-refractivity contribution in [1.82, 2.24) is 25.1 Å². The molecular formula is C9H13N5O2. The summed E-state index contributed by atoms with van der Waals surface area (Å²) < 4.78 is 6.57. The Morgan fingerprint density at radius 3 is 2.94 bits per heavy atom. The Bertz CT molecular complexity index is 462. The Morgan fingerprint density at radius 1 is 1.56 bits per heavy atom. The molecule has 0 amide bonds. The second kappa shape index (κ2) is 4.40. The van der Waals surface area contributed by atoms with Crippen molar-refractivity contribution in [3.63, 3.8) is 0 Å². The molecule has 1 atom stereocenters. The van der Waals surface area contributed by atoms with Gasteiger partial charge in [0.25, 0.3) is 0 Å². The minimum Gasteiger partial charge on any atom is -0.387 e. The van der Waals surface area contributed by atoms with Crippen LogP contribution in [0.5, 0.6) is 0 Å². The molecule has 0 aromatic carbocycles. The van der Waals surface area contributed by atoms with Gasteiger partial charge in [-0.3, -0.25) is 0 Å². The summed E-state index contributed by atoms with van der Waals surface area (Å²) in [7, 11) is 0. The molecule has 0 aliphatic carbocycles. The maximum atomic E-state index is 9.28. The Kier molecular flexibility index (Phi) is 2.95. The predicted molar refractivity (Wildman–Crippen MR) is 53.4 cm³/mol. The van der Waals surface area contributed by atoms with Crippen molar-refractivity contribution in [2.24, 2.45) is 0 Å². The van der Waals surface area contributed by atoms with Gasteiger partial charge in [-0.05, 0) is 6.92 Å². The monoisotopic (exact) mass is 223 g/mol. The van der Waals surface area contributed by atoms with Gasteiger partial charge in [-0.2, -0.15) is 4.98 Å². The minimum absolute atomic E-state index is 0.368. The first-order chi connectivity index (χ1) is 7.69. The van der Waals surface area contributed by atoms with Gasteiger partial charge in [0.05, 0.1) is 12.3 Å². The van der Waals surface area contributed by atoms with E-state index in [1.54, 1.807) is 17.8 Å². The molecule has 16 heavy (non-hydrogen) atoms. The molecule has 0 aliphatic rings. The van der Waals surface area contributed by atoms with Crippen molar-refractivity contribution < 1.29 is 9.63 Å². The highest BCUT2D eigenvalue weighted by atomic mass is 16.5. The van der Waals surface area contributed by atoms with Gasteiger partial charge in [0.15, 0.2) is 5.82 Å². The highest BCUT2D eigenvalue weighted by molar-refractivity contribution is 4.96. The van der Waals surface area contributed by atoms with Crippen LogP contribution >= 0.6 is 0 Å². The maximum Gasteiger partial charge on any atom is 0.248 e. The van der Waals surface area contributed by atoms with Crippen LogP contribution in [0.1, 0.15) is 37.4 Å². The van der Waals surface area contributed by atoms with E-state index in [2.05, 4.69) is 20.5 Å². The first kappa shape index (κ1) is 10.7. The van der Waals surface area contributed by atoms with E-state index >= 15 is 0 Å². The van der Waals surface area contributed by atoms with Crippen LogP contribution in [0, 0.1) is 0 Å². The molecule has 2 heterocycles. The van der Waals surface area contributed by atoms with Crippen molar-refractivity contribution >= 4 is 0 Å². The summed E-state index contributed by atoms with van der Waals surface area (Å²) >= 11 is 0. The van der Waals surface area contributed by atoms with Crippen molar-refractivity contribution in [3.8, 4) is 0 Å². The highest BCUT2D eigenvalue weighted by Crippen LogP contribution is 2.07. The third kappa shape index (κ3) is 2.25. The van der Waals surface area contributed by atoms with Crippen LogP contribution < -0.4 is 0 Å². The molecule has 0 spiro atoms. The SMILES string of the molecule is CCc1noc(Cn2cc(C(C)O)nn2)n1. The molecule has 0 bridgehead atoms. The second-order valence-corrected chi connectivity index (χ2v) is 3.47. The minimum atomic E-state index is -0.623. The zero-order chi connectivity index (χ0) is 11.5. The summed E-state index contributed by atoms with van der Waals surface area (Å²) in [6.07, 6.45) is 1.77. The lowest BCUT2D eigenvalue weighted by atomic mass is 10.3. The molecule has 0 radical (unpaired) electrons. The average Bonchev–Trinajstić information content (AvgIpc) is 2.87. The van der Waals surface area contributed by atoms with Crippen LogP contribution in [0.2, 0.25) is 0 Å². The summed E-state index contributed by atoms with van der Waals surface area (Å²) in [4.78, 5) is 4.15. The van der Waals surface area contributed by atoms with Gasteiger partial charge in [-0.15, -0.1) is 5.10 Å². The topological polar surface area (TPSA) is 89.9 Å². The fraction of sp³-hybridized carbons (Fsp3) is 0.556. The van der Waals surface area contributed by atoms with E-state index in [1.807, 2.05) is 6.92 Å². The standard InChI is InChI=1S/C9H13N5O2/c1-3-8-10-9(16-12-8)5-14-4-7(6(2)15)11-13-14/h4,6,15H,3,5H2,1-2H3. The number of aliphatic hydroxyl groups excluding tert-OH is 1. The van der Waals surface area contributed by atoms with Gasteiger partial charge >= 0.3 is 0 Å². The van der Waals surface area contributed by atoms with E-state index in [-0.39, 0.29) is 0 Å². The van der Waals surface area contributed by atoms with Gasteiger partial charge in [-0.1, -0.05) is 17.3 Å². The molecule has 1 N–H and O–H groups in total. The molecule has 0 saturated carbocycles. The third-order valence-corrected chi connectivity index (χ3v) is 2.11. The van der Waals surface area contributed by atoms with Gasteiger partial charge in [0.1, 0.15) is 12.2 Å². The summed E-state index contributed by atoms with van der Waals surface area (Å²) in [5.74, 6) is 1.16. The molecule has 2 aromatic rings. The van der Waals surface area contributed by atoms with Crippen LogP contribution in [0.25, 0.3) is 0 Å². The highest BCUT2D eigenvalue weighted by Gasteiger charge is 2.09. The van der Waals surface area contributed by atoms with Crippen LogP contribution in [0.4, 0.5) is 0 Å². The fourth-order valence-corrected chi connectivity index (χ4v) is 1.22. The van der Waals surface area contributed by atoms with Crippen molar-refractivity contribution in [2.75, 3.05) is 0 Å². The summed E-state index contributed by atoms with van der Waals surface area (Å²) in [5.41, 5.74) is 0.523. The fourth-order valence-electron chi connectivity index (χ4n) is 1.22. The number of aromatic nitrogens is 5. The van der Waals surface area contributed by atoms with Crippen LogP contribution in [0.3, 0.4) is 0 Å². The number of aryl methyl sites for hydroxylation is 1. The molecule has 86 valence electrons. The normalized spacial score (nSPS) is 12.9. The molecule has 0 saturated heterocycles. The van der Waals surface area contributed by atoms with Crippen LogP contribution in [0.15, 0.2) is 10.7 Å². The van der Waals surface area contributed by atoms with Crippen LogP contribution in [-0.4, -0.2) is 30.2 Å². The Balaban J connectivity index is 2.08. The zero-order valence-electron chi connectivity index (χ0n) is 9.16. The van der Waals surface area contributed by atoms with E-state index < -0.39 is 6.10 Å². The molecule has 1 unspecified atom stereocenters. The molecule has 7 heteroatoms. The smallest absolute Gasteiger partial charge is 0.248 e. The predicted octanol–water partition coefficient (Wildman–Crippen LogP) is 0.325. The molecule has 0 fully saturated rings. The Hall–Kier alpha value is -1.76. The Labute approximate surface area is 92.1 Å². The Morgan fingerprint density at radius 2 is 2.38 bits per heavy atom. The zero-order valence-corrected chi connectivity index (χ0v) is 9.16. The summed E-state index contributed by atoms with van der Waals surface area (Å²) in [6.45, 7) is 3.96. The van der Waals surface area contributed by atoms with Crippen molar-refractivity contribution in [2.45, 2.75) is 32.9 Å². The number of hydrogen-bond acceptors (Lipinski definition) is 6.